The highest BCUT2D eigenvalue weighted by Crippen LogP contribution is 2.37. The molecule has 4 aromatic rings. The van der Waals surface area contributed by atoms with E-state index in [1.165, 1.54) is 24.3 Å². The number of benzene rings is 2. The molecule has 0 amide bonds. The first kappa shape index (κ1) is 17.4. The second-order valence-corrected chi connectivity index (χ2v) is 6.94. The van der Waals surface area contributed by atoms with E-state index in [1.54, 1.807) is 18.2 Å². The summed E-state index contributed by atoms with van der Waals surface area (Å²) in [6, 6.07) is 14.3. The Morgan fingerprint density at radius 1 is 1.04 bits per heavy atom. The summed E-state index contributed by atoms with van der Waals surface area (Å²) in [5.41, 5.74) is -1.00. The number of hydrogen-bond donors (Lipinski definition) is 1. The predicted octanol–water partition coefficient (Wildman–Crippen LogP) is 5.46. The van der Waals surface area contributed by atoms with Crippen LogP contribution in [0.15, 0.2) is 65.7 Å². The Morgan fingerprint density at radius 3 is 2.44 bits per heavy atom. The van der Waals surface area contributed by atoms with Crippen molar-refractivity contribution in [3.8, 4) is 11.3 Å². The molecule has 0 aliphatic carbocycles. The summed E-state index contributed by atoms with van der Waals surface area (Å²) in [5, 5.41) is 9.20. The summed E-state index contributed by atoms with van der Waals surface area (Å²) in [4.78, 5) is 15.9. The van der Waals surface area contributed by atoms with Gasteiger partial charge in [-0.2, -0.15) is 13.2 Å². The fraction of sp³-hybridized carbons (Fsp3) is 0.0526. The SMILES string of the molecule is O=C(O)c1ccc2c(c1)nc(-c1ccc(SC(F)(F)F)cc1)c1cccn12. The van der Waals surface area contributed by atoms with Crippen molar-refractivity contribution in [2.45, 2.75) is 10.4 Å². The smallest absolute Gasteiger partial charge is 0.446 e. The van der Waals surface area contributed by atoms with Crippen LogP contribution >= 0.6 is 11.8 Å². The number of carbonyl (C=O) groups is 1. The largest absolute Gasteiger partial charge is 0.478 e. The van der Waals surface area contributed by atoms with Gasteiger partial charge in [-0.15, -0.1) is 0 Å². The fourth-order valence-electron chi connectivity index (χ4n) is 2.94. The number of carboxylic acid groups (broad SMARTS) is 1. The van der Waals surface area contributed by atoms with Crippen molar-refractivity contribution in [3.63, 3.8) is 0 Å². The van der Waals surface area contributed by atoms with Gasteiger partial charge in [-0.25, -0.2) is 9.78 Å². The van der Waals surface area contributed by atoms with E-state index < -0.39 is 11.5 Å². The molecule has 2 aromatic heterocycles. The number of alkyl halides is 3. The molecule has 1 N–H and O–H groups in total. The van der Waals surface area contributed by atoms with Gasteiger partial charge in [-0.1, -0.05) is 12.1 Å². The zero-order valence-electron chi connectivity index (χ0n) is 13.6. The van der Waals surface area contributed by atoms with Gasteiger partial charge in [-0.05, 0) is 54.2 Å². The summed E-state index contributed by atoms with van der Waals surface area (Å²) < 4.78 is 39.4. The van der Waals surface area contributed by atoms with E-state index in [-0.39, 0.29) is 22.2 Å². The Labute approximate surface area is 155 Å². The molecule has 4 nitrogen and oxygen atoms in total. The molecular weight excluding hydrogens is 377 g/mol. The van der Waals surface area contributed by atoms with Crippen molar-refractivity contribution >= 4 is 34.3 Å². The number of aromatic carboxylic acids is 1. The normalized spacial score (nSPS) is 12.0. The van der Waals surface area contributed by atoms with Crippen molar-refractivity contribution in [1.29, 1.82) is 0 Å². The average molecular weight is 388 g/mol. The Kier molecular flexibility index (Phi) is 4.07. The first-order valence-corrected chi connectivity index (χ1v) is 8.64. The second kappa shape index (κ2) is 6.31. The molecule has 4 rings (SSSR count). The van der Waals surface area contributed by atoms with Crippen LogP contribution in [0.5, 0.6) is 0 Å². The van der Waals surface area contributed by atoms with Crippen molar-refractivity contribution in [2.24, 2.45) is 0 Å². The first-order chi connectivity index (χ1) is 12.8. The van der Waals surface area contributed by atoms with Gasteiger partial charge in [0.2, 0.25) is 0 Å². The quantitative estimate of drug-likeness (QED) is 0.473. The number of aromatic nitrogens is 2. The minimum Gasteiger partial charge on any atom is -0.478 e. The van der Waals surface area contributed by atoms with Crippen LogP contribution < -0.4 is 0 Å². The Balaban J connectivity index is 1.87. The third-order valence-corrected chi connectivity index (χ3v) is 4.81. The number of hydrogen-bond acceptors (Lipinski definition) is 3. The standard InChI is InChI=1S/C19H11F3N2O2S/c20-19(21,22)27-13-6-3-11(4-7-13)17-16-2-1-9-24(16)15-8-5-12(18(25)26)10-14(15)23-17/h1-10H,(H,25,26). The lowest BCUT2D eigenvalue weighted by Crippen LogP contribution is -2.00. The molecule has 0 atom stereocenters. The fourth-order valence-corrected chi connectivity index (χ4v) is 3.48. The molecule has 2 aromatic carbocycles. The van der Waals surface area contributed by atoms with Crippen LogP contribution in [-0.2, 0) is 0 Å². The summed E-state index contributed by atoms with van der Waals surface area (Å²) in [5.74, 6) is -1.05. The lowest BCUT2D eigenvalue weighted by Gasteiger charge is -2.10. The third kappa shape index (κ3) is 3.35. The zero-order chi connectivity index (χ0) is 19.2. The molecule has 27 heavy (non-hydrogen) atoms. The number of fused-ring (bicyclic) bond motifs is 3. The Bertz CT molecular complexity index is 1170. The van der Waals surface area contributed by atoms with E-state index >= 15 is 0 Å². The Morgan fingerprint density at radius 2 is 1.78 bits per heavy atom. The van der Waals surface area contributed by atoms with Gasteiger partial charge in [0, 0.05) is 16.7 Å². The van der Waals surface area contributed by atoms with Crippen molar-refractivity contribution < 1.29 is 23.1 Å². The summed E-state index contributed by atoms with van der Waals surface area (Å²) in [6.07, 6.45) is 1.83. The summed E-state index contributed by atoms with van der Waals surface area (Å²) in [6.45, 7) is 0. The lowest BCUT2D eigenvalue weighted by molar-refractivity contribution is -0.0328. The first-order valence-electron chi connectivity index (χ1n) is 7.82. The summed E-state index contributed by atoms with van der Waals surface area (Å²) in [7, 11) is 0. The van der Waals surface area contributed by atoms with Crippen molar-refractivity contribution in [1.82, 2.24) is 9.38 Å². The molecule has 0 saturated heterocycles. The van der Waals surface area contributed by atoms with Crippen LogP contribution in [0.1, 0.15) is 10.4 Å². The van der Waals surface area contributed by atoms with E-state index in [9.17, 15) is 23.1 Å². The molecule has 136 valence electrons. The highest BCUT2D eigenvalue weighted by molar-refractivity contribution is 8.00. The molecule has 0 saturated carbocycles. The zero-order valence-corrected chi connectivity index (χ0v) is 14.4. The van der Waals surface area contributed by atoms with E-state index in [0.717, 1.165) is 11.0 Å². The molecule has 0 aliphatic rings. The predicted molar refractivity (Wildman–Crippen MR) is 97.0 cm³/mol. The highest BCUT2D eigenvalue weighted by Gasteiger charge is 2.29. The monoisotopic (exact) mass is 388 g/mol. The minimum absolute atomic E-state index is 0.0894. The maximum absolute atomic E-state index is 12.5. The molecule has 0 radical (unpaired) electrons. The topological polar surface area (TPSA) is 54.6 Å². The molecule has 0 unspecified atom stereocenters. The van der Waals surface area contributed by atoms with Crippen LogP contribution in [-0.4, -0.2) is 26.0 Å². The van der Waals surface area contributed by atoms with Crippen LogP contribution in [0.2, 0.25) is 0 Å². The van der Waals surface area contributed by atoms with E-state index in [4.69, 9.17) is 0 Å². The van der Waals surface area contributed by atoms with Crippen molar-refractivity contribution in [2.75, 3.05) is 0 Å². The minimum atomic E-state index is -4.34. The number of carboxylic acids is 1. The van der Waals surface area contributed by atoms with Gasteiger partial charge in [0.05, 0.1) is 27.8 Å². The maximum atomic E-state index is 12.5. The average Bonchev–Trinajstić information content (AvgIpc) is 3.10. The van der Waals surface area contributed by atoms with Gasteiger partial charge in [0.1, 0.15) is 0 Å². The van der Waals surface area contributed by atoms with Crippen molar-refractivity contribution in [3.05, 3.63) is 66.4 Å². The van der Waals surface area contributed by atoms with E-state index in [0.29, 0.717) is 16.8 Å². The molecular formula is C19H11F3N2O2S. The highest BCUT2D eigenvalue weighted by atomic mass is 32.2. The Hall–Kier alpha value is -3.00. The maximum Gasteiger partial charge on any atom is 0.446 e. The number of halogens is 3. The molecule has 0 bridgehead atoms. The number of nitrogens with zero attached hydrogens (tertiary/aromatic N) is 2. The molecule has 0 spiro atoms. The van der Waals surface area contributed by atoms with Gasteiger partial charge in [-0.3, -0.25) is 0 Å². The van der Waals surface area contributed by atoms with E-state index in [2.05, 4.69) is 4.98 Å². The third-order valence-electron chi connectivity index (χ3n) is 4.07. The second-order valence-electron chi connectivity index (χ2n) is 5.80. The molecule has 0 fully saturated rings. The van der Waals surface area contributed by atoms with Gasteiger partial charge in [0.15, 0.2) is 0 Å². The summed E-state index contributed by atoms with van der Waals surface area (Å²) >= 11 is -0.173. The number of thioether (sulfide) groups is 1. The molecule has 0 aliphatic heterocycles. The van der Waals surface area contributed by atoms with Gasteiger partial charge in [0.25, 0.3) is 0 Å². The molecule has 2 heterocycles. The van der Waals surface area contributed by atoms with Crippen LogP contribution in [0, 0.1) is 0 Å². The van der Waals surface area contributed by atoms with E-state index in [1.807, 2.05) is 22.7 Å². The van der Waals surface area contributed by atoms with Gasteiger partial charge >= 0.3 is 11.5 Å². The van der Waals surface area contributed by atoms with Crippen LogP contribution in [0.4, 0.5) is 13.2 Å². The number of rotatable bonds is 3. The van der Waals surface area contributed by atoms with Gasteiger partial charge < -0.3 is 9.51 Å². The van der Waals surface area contributed by atoms with Crippen LogP contribution in [0.3, 0.4) is 0 Å². The van der Waals surface area contributed by atoms with Crippen LogP contribution in [0.25, 0.3) is 27.8 Å². The molecule has 8 heteroatoms. The lowest BCUT2D eigenvalue weighted by atomic mass is 10.1.